The van der Waals surface area contributed by atoms with Crippen molar-refractivity contribution in [2.45, 2.75) is 40.2 Å². The van der Waals surface area contributed by atoms with Crippen molar-refractivity contribution in [3.05, 3.63) is 34.9 Å². The lowest BCUT2D eigenvalue weighted by Crippen LogP contribution is -2.31. The zero-order chi connectivity index (χ0) is 11.4. The van der Waals surface area contributed by atoms with Gasteiger partial charge >= 0.3 is 0 Å². The van der Waals surface area contributed by atoms with E-state index in [-0.39, 0.29) is 11.9 Å². The summed E-state index contributed by atoms with van der Waals surface area (Å²) < 4.78 is 0. The number of rotatable bonds is 3. The molecule has 0 fully saturated rings. The minimum Gasteiger partial charge on any atom is -0.350 e. The number of nitrogens with one attached hydrogen (secondary N) is 1. The molecule has 0 spiro atoms. The number of aryl methyl sites for hydroxylation is 2. The number of carbonyl (C=O) groups excluding carboxylic acids is 1. The molecule has 0 heterocycles. The lowest BCUT2D eigenvalue weighted by molar-refractivity contribution is 0.0939. The molecular weight excluding hydrogens is 186 g/mol. The highest BCUT2D eigenvalue weighted by atomic mass is 16.1. The summed E-state index contributed by atoms with van der Waals surface area (Å²) >= 11 is 0. The van der Waals surface area contributed by atoms with Gasteiger partial charge in [0, 0.05) is 11.6 Å². The first-order valence-corrected chi connectivity index (χ1v) is 5.42. The lowest BCUT2D eigenvalue weighted by atomic mass is 10.1. The molecule has 0 aliphatic heterocycles. The van der Waals surface area contributed by atoms with E-state index >= 15 is 0 Å². The Morgan fingerprint density at radius 2 is 2.00 bits per heavy atom. The Labute approximate surface area is 91.7 Å². The van der Waals surface area contributed by atoms with Gasteiger partial charge in [0.05, 0.1) is 0 Å². The van der Waals surface area contributed by atoms with Gasteiger partial charge in [-0.05, 0) is 50.5 Å². The van der Waals surface area contributed by atoms with Crippen molar-refractivity contribution < 1.29 is 4.79 Å². The van der Waals surface area contributed by atoms with Crippen molar-refractivity contribution >= 4 is 5.91 Å². The van der Waals surface area contributed by atoms with E-state index in [1.165, 1.54) is 5.56 Å². The maximum atomic E-state index is 11.8. The summed E-state index contributed by atoms with van der Waals surface area (Å²) in [5.41, 5.74) is 3.13. The molecule has 2 nitrogen and oxygen atoms in total. The highest BCUT2D eigenvalue weighted by molar-refractivity contribution is 5.94. The van der Waals surface area contributed by atoms with E-state index in [0.717, 1.165) is 17.5 Å². The lowest BCUT2D eigenvalue weighted by Gasteiger charge is -2.12. The fourth-order valence-electron chi connectivity index (χ4n) is 1.29. The van der Waals surface area contributed by atoms with E-state index < -0.39 is 0 Å². The average Bonchev–Trinajstić information content (AvgIpc) is 2.21. The fourth-order valence-corrected chi connectivity index (χ4v) is 1.29. The molecule has 0 radical (unpaired) electrons. The highest BCUT2D eigenvalue weighted by Gasteiger charge is 2.08. The van der Waals surface area contributed by atoms with Gasteiger partial charge in [-0.15, -0.1) is 0 Å². The van der Waals surface area contributed by atoms with E-state index in [1.54, 1.807) is 0 Å². The third-order valence-electron chi connectivity index (χ3n) is 2.76. The Morgan fingerprint density at radius 3 is 2.53 bits per heavy atom. The van der Waals surface area contributed by atoms with Crippen LogP contribution in [0.1, 0.15) is 41.8 Å². The van der Waals surface area contributed by atoms with E-state index in [2.05, 4.69) is 12.2 Å². The van der Waals surface area contributed by atoms with Crippen molar-refractivity contribution in [2.24, 2.45) is 0 Å². The molecule has 0 aromatic heterocycles. The zero-order valence-corrected chi connectivity index (χ0v) is 9.92. The van der Waals surface area contributed by atoms with Crippen LogP contribution in [0.3, 0.4) is 0 Å². The molecule has 1 N–H and O–H groups in total. The largest absolute Gasteiger partial charge is 0.350 e. The van der Waals surface area contributed by atoms with Gasteiger partial charge in [0.15, 0.2) is 0 Å². The standard InChI is InChI=1S/C13H19NO/c1-5-11(4)14-13(15)12-7-6-9(2)10(3)8-12/h6-8,11H,5H2,1-4H3,(H,14,15)/t11-/m0/s1. The molecule has 1 atom stereocenters. The monoisotopic (exact) mass is 205 g/mol. The van der Waals surface area contributed by atoms with Gasteiger partial charge in [-0.25, -0.2) is 0 Å². The third kappa shape index (κ3) is 3.08. The fraction of sp³-hybridized carbons (Fsp3) is 0.462. The normalized spacial score (nSPS) is 12.3. The van der Waals surface area contributed by atoms with Crippen LogP contribution < -0.4 is 5.32 Å². The van der Waals surface area contributed by atoms with Crippen LogP contribution in [0.4, 0.5) is 0 Å². The molecule has 0 aliphatic rings. The number of hydrogen-bond acceptors (Lipinski definition) is 1. The maximum Gasteiger partial charge on any atom is 0.251 e. The van der Waals surface area contributed by atoms with Crippen LogP contribution in [-0.4, -0.2) is 11.9 Å². The molecule has 0 unspecified atom stereocenters. The molecule has 0 aliphatic carbocycles. The van der Waals surface area contributed by atoms with Crippen LogP contribution in [-0.2, 0) is 0 Å². The van der Waals surface area contributed by atoms with Crippen LogP contribution in [0.2, 0.25) is 0 Å². The predicted octanol–water partition coefficient (Wildman–Crippen LogP) is 2.83. The van der Waals surface area contributed by atoms with E-state index in [4.69, 9.17) is 0 Å². The summed E-state index contributed by atoms with van der Waals surface area (Å²) in [6.07, 6.45) is 0.955. The molecule has 0 bridgehead atoms. The molecule has 0 saturated carbocycles. The summed E-state index contributed by atoms with van der Waals surface area (Å²) in [4.78, 5) is 11.8. The smallest absolute Gasteiger partial charge is 0.251 e. The number of carbonyl (C=O) groups is 1. The van der Waals surface area contributed by atoms with Crippen LogP contribution in [0.15, 0.2) is 18.2 Å². The molecule has 1 aromatic rings. The van der Waals surface area contributed by atoms with Gasteiger partial charge in [-0.1, -0.05) is 13.0 Å². The van der Waals surface area contributed by atoms with Crippen molar-refractivity contribution in [1.82, 2.24) is 5.32 Å². The van der Waals surface area contributed by atoms with Crippen LogP contribution in [0.25, 0.3) is 0 Å². The van der Waals surface area contributed by atoms with Crippen molar-refractivity contribution in [2.75, 3.05) is 0 Å². The summed E-state index contributed by atoms with van der Waals surface area (Å²) in [6.45, 7) is 8.14. The van der Waals surface area contributed by atoms with Gasteiger partial charge in [-0.2, -0.15) is 0 Å². The molecule has 1 aromatic carbocycles. The second kappa shape index (κ2) is 4.96. The minimum atomic E-state index is 0.0208. The molecule has 82 valence electrons. The van der Waals surface area contributed by atoms with E-state index in [1.807, 2.05) is 39.0 Å². The molecule has 2 heteroatoms. The van der Waals surface area contributed by atoms with E-state index in [0.29, 0.717) is 0 Å². The van der Waals surface area contributed by atoms with Gasteiger partial charge in [0.1, 0.15) is 0 Å². The van der Waals surface area contributed by atoms with E-state index in [9.17, 15) is 4.79 Å². The Balaban J connectivity index is 2.78. The molecule has 0 saturated heterocycles. The van der Waals surface area contributed by atoms with Crippen molar-refractivity contribution in [3.8, 4) is 0 Å². The Bertz CT molecular complexity index is 358. The van der Waals surface area contributed by atoms with Gasteiger partial charge in [0.25, 0.3) is 5.91 Å². The summed E-state index contributed by atoms with van der Waals surface area (Å²) in [5, 5.41) is 2.95. The van der Waals surface area contributed by atoms with Crippen molar-refractivity contribution in [3.63, 3.8) is 0 Å². The van der Waals surface area contributed by atoms with Crippen LogP contribution in [0, 0.1) is 13.8 Å². The Kier molecular flexibility index (Phi) is 3.89. The Morgan fingerprint density at radius 1 is 1.33 bits per heavy atom. The number of benzene rings is 1. The quantitative estimate of drug-likeness (QED) is 0.807. The first-order valence-electron chi connectivity index (χ1n) is 5.42. The van der Waals surface area contributed by atoms with Crippen molar-refractivity contribution in [1.29, 1.82) is 0 Å². The van der Waals surface area contributed by atoms with Gasteiger partial charge < -0.3 is 5.32 Å². The Hall–Kier alpha value is -1.31. The average molecular weight is 205 g/mol. The summed E-state index contributed by atoms with van der Waals surface area (Å²) in [7, 11) is 0. The van der Waals surface area contributed by atoms with Crippen LogP contribution >= 0.6 is 0 Å². The van der Waals surface area contributed by atoms with Crippen LogP contribution in [0.5, 0.6) is 0 Å². The maximum absolute atomic E-state index is 11.8. The first-order chi connectivity index (χ1) is 7.04. The summed E-state index contributed by atoms with van der Waals surface area (Å²) in [5.74, 6) is 0.0208. The molecule has 15 heavy (non-hydrogen) atoms. The summed E-state index contributed by atoms with van der Waals surface area (Å²) in [6, 6.07) is 6.03. The zero-order valence-electron chi connectivity index (χ0n) is 9.92. The predicted molar refractivity (Wildman–Crippen MR) is 63.1 cm³/mol. The topological polar surface area (TPSA) is 29.1 Å². The second-order valence-corrected chi connectivity index (χ2v) is 4.08. The molecular formula is C13H19NO. The minimum absolute atomic E-state index is 0.0208. The molecule has 1 amide bonds. The molecule has 1 rings (SSSR count). The number of amides is 1. The number of hydrogen-bond donors (Lipinski definition) is 1. The third-order valence-corrected chi connectivity index (χ3v) is 2.76. The highest BCUT2D eigenvalue weighted by Crippen LogP contribution is 2.09. The second-order valence-electron chi connectivity index (χ2n) is 4.08. The first kappa shape index (κ1) is 11.8. The van der Waals surface area contributed by atoms with Gasteiger partial charge in [-0.3, -0.25) is 4.79 Å². The SMILES string of the molecule is CC[C@H](C)NC(=O)c1ccc(C)c(C)c1. The van der Waals surface area contributed by atoms with Gasteiger partial charge in [0.2, 0.25) is 0 Å².